The Morgan fingerprint density at radius 1 is 0.862 bits per heavy atom. The van der Waals surface area contributed by atoms with Crippen LogP contribution in [0.15, 0.2) is 83.0 Å². The highest BCUT2D eigenvalue weighted by Crippen LogP contribution is 2.18. The van der Waals surface area contributed by atoms with Crippen LogP contribution in [0.25, 0.3) is 6.08 Å². The molecule has 0 radical (unpaired) electrons. The van der Waals surface area contributed by atoms with E-state index in [9.17, 15) is 9.59 Å². The zero-order valence-electron chi connectivity index (χ0n) is 15.0. The predicted molar refractivity (Wildman–Crippen MR) is 121 cm³/mol. The SMILES string of the molecule is O=C(Nc1ccc(Cl)cc1)/C(=C\c1ccc(Br)cc1)NC(=O)c1ccccc1Cl. The highest BCUT2D eigenvalue weighted by Gasteiger charge is 2.16. The topological polar surface area (TPSA) is 58.2 Å². The maximum atomic E-state index is 12.9. The Balaban J connectivity index is 1.89. The maximum Gasteiger partial charge on any atom is 0.272 e. The molecule has 0 bridgehead atoms. The average Bonchev–Trinajstić information content (AvgIpc) is 2.71. The Bertz CT molecular complexity index is 1060. The first-order valence-corrected chi connectivity index (χ1v) is 10.1. The second kappa shape index (κ2) is 9.74. The van der Waals surface area contributed by atoms with Gasteiger partial charge in [0, 0.05) is 15.2 Å². The molecule has 0 atom stereocenters. The summed E-state index contributed by atoms with van der Waals surface area (Å²) in [6.07, 6.45) is 1.59. The van der Waals surface area contributed by atoms with Gasteiger partial charge in [0.2, 0.25) is 0 Å². The third kappa shape index (κ3) is 5.94. The van der Waals surface area contributed by atoms with Gasteiger partial charge >= 0.3 is 0 Å². The van der Waals surface area contributed by atoms with Gasteiger partial charge in [-0.25, -0.2) is 0 Å². The van der Waals surface area contributed by atoms with Crippen molar-refractivity contribution in [2.75, 3.05) is 5.32 Å². The predicted octanol–water partition coefficient (Wildman–Crippen LogP) is 6.17. The Kier molecular flexibility index (Phi) is 7.09. The highest BCUT2D eigenvalue weighted by atomic mass is 79.9. The van der Waals surface area contributed by atoms with E-state index in [2.05, 4.69) is 26.6 Å². The molecule has 0 aliphatic heterocycles. The van der Waals surface area contributed by atoms with Gasteiger partial charge in [0.25, 0.3) is 11.8 Å². The first-order chi connectivity index (χ1) is 13.9. The Morgan fingerprint density at radius 2 is 1.52 bits per heavy atom. The van der Waals surface area contributed by atoms with Crippen molar-refractivity contribution in [3.05, 3.63) is 104 Å². The van der Waals surface area contributed by atoms with Gasteiger partial charge in [0.05, 0.1) is 10.6 Å². The number of carbonyl (C=O) groups excluding carboxylic acids is 2. The molecule has 0 fully saturated rings. The number of hydrogen-bond donors (Lipinski definition) is 2. The van der Waals surface area contributed by atoms with Gasteiger partial charge in [-0.05, 0) is 60.2 Å². The van der Waals surface area contributed by atoms with Crippen LogP contribution < -0.4 is 10.6 Å². The van der Waals surface area contributed by atoms with Crippen molar-refractivity contribution in [1.29, 1.82) is 0 Å². The van der Waals surface area contributed by atoms with Crippen molar-refractivity contribution < 1.29 is 9.59 Å². The van der Waals surface area contributed by atoms with Crippen molar-refractivity contribution in [2.24, 2.45) is 0 Å². The van der Waals surface area contributed by atoms with Crippen LogP contribution in [0.2, 0.25) is 10.0 Å². The molecule has 0 aliphatic carbocycles. The summed E-state index contributed by atoms with van der Waals surface area (Å²) in [5.41, 5.74) is 1.64. The second-order valence-corrected chi connectivity index (χ2v) is 7.76. The smallest absolute Gasteiger partial charge is 0.272 e. The molecule has 7 heteroatoms. The van der Waals surface area contributed by atoms with Crippen LogP contribution >= 0.6 is 39.1 Å². The maximum absolute atomic E-state index is 12.9. The van der Waals surface area contributed by atoms with Crippen LogP contribution in [0.3, 0.4) is 0 Å². The summed E-state index contributed by atoms with van der Waals surface area (Å²) < 4.78 is 0.905. The molecule has 0 unspecified atom stereocenters. The quantitative estimate of drug-likeness (QED) is 0.421. The molecule has 0 aromatic heterocycles. The summed E-state index contributed by atoms with van der Waals surface area (Å²) in [4.78, 5) is 25.5. The fraction of sp³-hybridized carbons (Fsp3) is 0. The average molecular weight is 490 g/mol. The lowest BCUT2D eigenvalue weighted by molar-refractivity contribution is -0.113. The van der Waals surface area contributed by atoms with E-state index in [-0.39, 0.29) is 11.3 Å². The van der Waals surface area contributed by atoms with Crippen molar-refractivity contribution in [3.8, 4) is 0 Å². The van der Waals surface area contributed by atoms with E-state index in [0.29, 0.717) is 15.7 Å². The number of nitrogens with one attached hydrogen (secondary N) is 2. The molecule has 4 nitrogen and oxygen atoms in total. The van der Waals surface area contributed by atoms with E-state index in [1.165, 1.54) is 0 Å². The Morgan fingerprint density at radius 3 is 2.17 bits per heavy atom. The van der Waals surface area contributed by atoms with E-state index in [4.69, 9.17) is 23.2 Å². The largest absolute Gasteiger partial charge is 0.321 e. The monoisotopic (exact) mass is 488 g/mol. The van der Waals surface area contributed by atoms with Crippen LogP contribution in [-0.2, 0) is 4.79 Å². The summed E-state index contributed by atoms with van der Waals surface area (Å²) in [5, 5.41) is 6.26. The van der Waals surface area contributed by atoms with E-state index < -0.39 is 11.8 Å². The number of benzene rings is 3. The molecule has 0 saturated carbocycles. The fourth-order valence-electron chi connectivity index (χ4n) is 2.45. The van der Waals surface area contributed by atoms with Crippen LogP contribution in [0, 0.1) is 0 Å². The zero-order valence-corrected chi connectivity index (χ0v) is 18.1. The van der Waals surface area contributed by atoms with Crippen molar-refractivity contribution >= 4 is 62.7 Å². The van der Waals surface area contributed by atoms with Gasteiger partial charge in [-0.3, -0.25) is 9.59 Å². The molecule has 3 aromatic rings. The van der Waals surface area contributed by atoms with E-state index >= 15 is 0 Å². The van der Waals surface area contributed by atoms with Gasteiger partial charge in [-0.2, -0.15) is 0 Å². The van der Waals surface area contributed by atoms with Crippen LogP contribution in [0.1, 0.15) is 15.9 Å². The molecule has 3 rings (SSSR count). The van der Waals surface area contributed by atoms with Gasteiger partial charge in [-0.1, -0.05) is 63.4 Å². The zero-order chi connectivity index (χ0) is 20.8. The second-order valence-electron chi connectivity index (χ2n) is 6.00. The van der Waals surface area contributed by atoms with Crippen LogP contribution in [-0.4, -0.2) is 11.8 Å². The van der Waals surface area contributed by atoms with Crippen molar-refractivity contribution in [3.63, 3.8) is 0 Å². The van der Waals surface area contributed by atoms with Crippen molar-refractivity contribution in [1.82, 2.24) is 5.32 Å². The van der Waals surface area contributed by atoms with Gasteiger partial charge < -0.3 is 10.6 Å². The molecule has 0 saturated heterocycles. The van der Waals surface area contributed by atoms with Gasteiger partial charge in [-0.15, -0.1) is 0 Å². The Labute approximate surface area is 186 Å². The third-order valence-corrected chi connectivity index (χ3v) is 5.00. The molecule has 2 N–H and O–H groups in total. The molecular formula is C22H15BrCl2N2O2. The van der Waals surface area contributed by atoms with E-state index in [1.807, 2.05) is 24.3 Å². The molecule has 29 heavy (non-hydrogen) atoms. The number of halogens is 3. The standard InChI is InChI=1S/C22H15BrCl2N2O2/c23-15-7-5-14(6-8-15)13-20(22(29)26-17-11-9-16(24)10-12-17)27-21(28)18-3-1-2-4-19(18)25/h1-13H,(H,26,29)(H,27,28)/b20-13+. The minimum absolute atomic E-state index is 0.0761. The van der Waals surface area contributed by atoms with Gasteiger partial charge in [0.1, 0.15) is 5.70 Å². The van der Waals surface area contributed by atoms with E-state index in [0.717, 1.165) is 10.0 Å². The van der Waals surface area contributed by atoms with Gasteiger partial charge in [0.15, 0.2) is 0 Å². The lowest BCUT2D eigenvalue weighted by atomic mass is 10.1. The summed E-state index contributed by atoms with van der Waals surface area (Å²) in [5.74, 6) is -0.958. The molecule has 146 valence electrons. The Hall–Kier alpha value is -2.60. The first kappa shape index (κ1) is 21.1. The van der Waals surface area contributed by atoms with Crippen LogP contribution in [0.4, 0.5) is 5.69 Å². The van der Waals surface area contributed by atoms with Crippen molar-refractivity contribution in [2.45, 2.75) is 0 Å². The molecular weight excluding hydrogens is 475 g/mol. The minimum atomic E-state index is -0.481. The molecule has 0 aliphatic rings. The molecule has 0 spiro atoms. The molecule has 0 heterocycles. The number of amides is 2. The number of anilines is 1. The normalized spacial score (nSPS) is 11.1. The molecule has 3 aromatic carbocycles. The molecule has 2 amide bonds. The summed E-state index contributed by atoms with van der Waals surface area (Å²) >= 11 is 15.4. The first-order valence-electron chi connectivity index (χ1n) is 8.52. The van der Waals surface area contributed by atoms with Crippen LogP contribution in [0.5, 0.6) is 0 Å². The number of hydrogen-bond acceptors (Lipinski definition) is 2. The van der Waals surface area contributed by atoms with E-state index in [1.54, 1.807) is 54.6 Å². The summed E-state index contributed by atoms with van der Waals surface area (Å²) in [7, 11) is 0. The highest BCUT2D eigenvalue weighted by molar-refractivity contribution is 9.10. The minimum Gasteiger partial charge on any atom is -0.321 e. The summed E-state index contributed by atoms with van der Waals surface area (Å²) in [6.45, 7) is 0. The summed E-state index contributed by atoms with van der Waals surface area (Å²) in [6, 6.07) is 20.6. The fourth-order valence-corrected chi connectivity index (χ4v) is 3.06. The number of rotatable bonds is 5. The lowest BCUT2D eigenvalue weighted by Gasteiger charge is -2.12. The number of carbonyl (C=O) groups is 2. The third-order valence-electron chi connectivity index (χ3n) is 3.89. The lowest BCUT2D eigenvalue weighted by Crippen LogP contribution is -2.30.